The molecule has 0 bridgehead atoms. The van der Waals surface area contributed by atoms with Crippen LogP contribution in [0.3, 0.4) is 0 Å². The number of aromatic nitrogens is 3. The predicted molar refractivity (Wildman–Crippen MR) is 82.6 cm³/mol. The van der Waals surface area contributed by atoms with E-state index in [0.29, 0.717) is 6.04 Å². The smallest absolute Gasteiger partial charge is 0.134 e. The van der Waals surface area contributed by atoms with Crippen LogP contribution in [0.2, 0.25) is 5.02 Å². The van der Waals surface area contributed by atoms with Gasteiger partial charge in [0.05, 0.1) is 0 Å². The summed E-state index contributed by atoms with van der Waals surface area (Å²) in [6.45, 7) is 2.04. The minimum absolute atomic E-state index is 0.457. The largest absolute Gasteiger partial charge is 0.315 e. The average molecular weight is 303 g/mol. The maximum atomic E-state index is 6.06. The zero-order valence-corrected chi connectivity index (χ0v) is 12.7. The second kappa shape index (κ2) is 5.43. The van der Waals surface area contributed by atoms with Gasteiger partial charge in [0.2, 0.25) is 0 Å². The molecule has 1 aliphatic carbocycles. The molecular formula is C16H19ClN4. The molecule has 2 heterocycles. The van der Waals surface area contributed by atoms with Crippen LogP contribution < -0.4 is 5.32 Å². The van der Waals surface area contributed by atoms with Crippen molar-refractivity contribution in [3.8, 4) is 0 Å². The van der Waals surface area contributed by atoms with Crippen LogP contribution in [-0.4, -0.2) is 21.3 Å². The van der Waals surface area contributed by atoms with Gasteiger partial charge >= 0.3 is 0 Å². The van der Waals surface area contributed by atoms with Crippen molar-refractivity contribution in [1.29, 1.82) is 0 Å². The highest BCUT2D eigenvalue weighted by Crippen LogP contribution is 2.32. The number of aryl methyl sites for hydroxylation is 2. The number of hydrogen-bond acceptors (Lipinski definition) is 3. The molecule has 110 valence electrons. The summed E-state index contributed by atoms with van der Waals surface area (Å²) in [7, 11) is 0. The fourth-order valence-corrected chi connectivity index (χ4v) is 3.75. The summed E-state index contributed by atoms with van der Waals surface area (Å²) in [6.07, 6.45) is 5.52. The topological polar surface area (TPSA) is 42.7 Å². The summed E-state index contributed by atoms with van der Waals surface area (Å²) in [5, 5.41) is 13.1. The van der Waals surface area contributed by atoms with Crippen LogP contribution in [0.1, 0.15) is 41.7 Å². The lowest BCUT2D eigenvalue weighted by Gasteiger charge is -2.14. The standard InChI is InChI=1S/C16H19ClN4/c17-12-4-5-13-11(10-12)3-6-14(13)18-8-7-16-20-19-15-2-1-9-21(15)16/h4-5,10,14,18H,1-3,6-9H2. The summed E-state index contributed by atoms with van der Waals surface area (Å²) >= 11 is 6.06. The Labute approximate surface area is 129 Å². The van der Waals surface area contributed by atoms with Crippen molar-refractivity contribution in [2.75, 3.05) is 6.54 Å². The molecule has 0 fully saturated rings. The lowest BCUT2D eigenvalue weighted by atomic mass is 10.1. The van der Waals surface area contributed by atoms with Crippen LogP contribution >= 0.6 is 11.6 Å². The van der Waals surface area contributed by atoms with Crippen molar-refractivity contribution in [2.45, 2.75) is 44.7 Å². The Hall–Kier alpha value is -1.39. The molecule has 2 aliphatic rings. The van der Waals surface area contributed by atoms with Crippen molar-refractivity contribution in [2.24, 2.45) is 0 Å². The molecule has 2 aromatic rings. The molecule has 21 heavy (non-hydrogen) atoms. The zero-order valence-electron chi connectivity index (χ0n) is 12.0. The fraction of sp³-hybridized carbons (Fsp3) is 0.500. The number of halogens is 1. The number of rotatable bonds is 4. The van der Waals surface area contributed by atoms with Crippen LogP contribution in [0.15, 0.2) is 18.2 Å². The number of fused-ring (bicyclic) bond motifs is 2. The minimum Gasteiger partial charge on any atom is -0.315 e. The van der Waals surface area contributed by atoms with E-state index in [9.17, 15) is 0 Å². The molecule has 1 N–H and O–H groups in total. The molecule has 0 spiro atoms. The monoisotopic (exact) mass is 302 g/mol. The van der Waals surface area contributed by atoms with Gasteiger partial charge in [0.15, 0.2) is 0 Å². The molecular weight excluding hydrogens is 284 g/mol. The van der Waals surface area contributed by atoms with Crippen molar-refractivity contribution in [3.63, 3.8) is 0 Å². The van der Waals surface area contributed by atoms with Crippen LogP contribution in [0, 0.1) is 0 Å². The first kappa shape index (κ1) is 13.3. The molecule has 1 atom stereocenters. The summed E-state index contributed by atoms with van der Waals surface area (Å²) in [5.74, 6) is 2.29. The maximum Gasteiger partial charge on any atom is 0.134 e. The molecule has 0 saturated heterocycles. The van der Waals surface area contributed by atoms with Gasteiger partial charge in [-0.05, 0) is 42.5 Å². The Bertz CT molecular complexity index is 664. The van der Waals surface area contributed by atoms with E-state index in [4.69, 9.17) is 11.6 Å². The fourth-order valence-electron chi connectivity index (χ4n) is 3.55. The van der Waals surface area contributed by atoms with E-state index in [1.54, 1.807) is 0 Å². The first-order valence-electron chi connectivity index (χ1n) is 7.74. The van der Waals surface area contributed by atoms with Crippen molar-refractivity contribution in [1.82, 2.24) is 20.1 Å². The van der Waals surface area contributed by atoms with Gasteiger partial charge in [0.1, 0.15) is 11.6 Å². The van der Waals surface area contributed by atoms with Crippen molar-refractivity contribution in [3.05, 3.63) is 46.0 Å². The highest BCUT2D eigenvalue weighted by molar-refractivity contribution is 6.30. The van der Waals surface area contributed by atoms with Gasteiger partial charge in [-0.25, -0.2) is 0 Å². The number of nitrogens with zero attached hydrogens (tertiary/aromatic N) is 3. The van der Waals surface area contributed by atoms with Gasteiger partial charge in [0, 0.05) is 37.0 Å². The molecule has 1 unspecified atom stereocenters. The van der Waals surface area contributed by atoms with Crippen LogP contribution in [-0.2, 0) is 25.8 Å². The van der Waals surface area contributed by atoms with Gasteiger partial charge in [0.25, 0.3) is 0 Å². The van der Waals surface area contributed by atoms with Crippen molar-refractivity contribution >= 4 is 11.6 Å². The molecule has 1 aromatic heterocycles. The molecule has 5 heteroatoms. The second-order valence-electron chi connectivity index (χ2n) is 5.93. The Morgan fingerprint density at radius 3 is 3.19 bits per heavy atom. The SMILES string of the molecule is Clc1ccc2c(c1)CCC2NCCc1nnc2n1CCC2. The van der Waals surface area contributed by atoms with E-state index < -0.39 is 0 Å². The maximum absolute atomic E-state index is 6.06. The molecule has 0 saturated carbocycles. The summed E-state index contributed by atoms with van der Waals surface area (Å²) < 4.78 is 2.28. The Morgan fingerprint density at radius 1 is 1.29 bits per heavy atom. The third-order valence-electron chi connectivity index (χ3n) is 4.61. The van der Waals surface area contributed by atoms with E-state index >= 15 is 0 Å². The second-order valence-corrected chi connectivity index (χ2v) is 6.36. The lowest BCUT2D eigenvalue weighted by Crippen LogP contribution is -2.23. The third-order valence-corrected chi connectivity index (χ3v) is 4.84. The van der Waals surface area contributed by atoms with Crippen molar-refractivity contribution < 1.29 is 0 Å². The molecule has 4 rings (SSSR count). The Morgan fingerprint density at radius 2 is 2.24 bits per heavy atom. The Balaban J connectivity index is 1.38. The highest BCUT2D eigenvalue weighted by atomic mass is 35.5. The van der Waals surface area contributed by atoms with E-state index in [1.807, 2.05) is 6.07 Å². The van der Waals surface area contributed by atoms with Gasteiger partial charge in [-0.2, -0.15) is 0 Å². The summed E-state index contributed by atoms with van der Waals surface area (Å²) in [6, 6.07) is 6.71. The third kappa shape index (κ3) is 2.47. The van der Waals surface area contributed by atoms with Gasteiger partial charge < -0.3 is 9.88 Å². The number of nitrogens with one attached hydrogen (secondary N) is 1. The van der Waals surface area contributed by atoms with E-state index in [1.165, 1.54) is 17.5 Å². The normalized spacial score (nSPS) is 19.8. The minimum atomic E-state index is 0.457. The molecule has 1 aromatic carbocycles. The quantitative estimate of drug-likeness (QED) is 0.944. The van der Waals surface area contributed by atoms with E-state index in [-0.39, 0.29) is 0 Å². The predicted octanol–water partition coefficient (Wildman–Crippen LogP) is 2.70. The van der Waals surface area contributed by atoms with Gasteiger partial charge in [-0.15, -0.1) is 10.2 Å². The molecule has 0 radical (unpaired) electrons. The van der Waals surface area contributed by atoms with E-state index in [0.717, 1.165) is 55.4 Å². The number of benzene rings is 1. The van der Waals surface area contributed by atoms with E-state index in [2.05, 4.69) is 32.2 Å². The summed E-state index contributed by atoms with van der Waals surface area (Å²) in [5.41, 5.74) is 2.80. The van der Waals surface area contributed by atoms with Crippen LogP contribution in [0.25, 0.3) is 0 Å². The molecule has 4 nitrogen and oxygen atoms in total. The molecule has 0 amide bonds. The van der Waals surface area contributed by atoms with Crippen LogP contribution in [0.4, 0.5) is 0 Å². The van der Waals surface area contributed by atoms with Gasteiger partial charge in [-0.1, -0.05) is 17.7 Å². The zero-order chi connectivity index (χ0) is 14.2. The average Bonchev–Trinajstić information content (AvgIpc) is 3.15. The van der Waals surface area contributed by atoms with Gasteiger partial charge in [-0.3, -0.25) is 0 Å². The first-order chi connectivity index (χ1) is 10.3. The lowest BCUT2D eigenvalue weighted by molar-refractivity contribution is 0.523. The number of hydrogen-bond donors (Lipinski definition) is 1. The van der Waals surface area contributed by atoms with Crippen LogP contribution in [0.5, 0.6) is 0 Å². The summed E-state index contributed by atoms with van der Waals surface area (Å²) in [4.78, 5) is 0. The molecule has 1 aliphatic heterocycles. The first-order valence-corrected chi connectivity index (χ1v) is 8.12. The Kier molecular flexibility index (Phi) is 3.43. The highest BCUT2D eigenvalue weighted by Gasteiger charge is 2.22.